The average molecular weight is 286 g/mol. The molecule has 0 radical (unpaired) electrons. The van der Waals surface area contributed by atoms with E-state index < -0.39 is 0 Å². The van der Waals surface area contributed by atoms with Gasteiger partial charge in [0.05, 0.1) is 0 Å². The third-order valence-electron chi connectivity index (χ3n) is 3.06. The van der Waals surface area contributed by atoms with Crippen LogP contribution in [0.4, 0.5) is 5.82 Å². The van der Waals surface area contributed by atoms with Gasteiger partial charge in [0.25, 0.3) is 5.91 Å². The summed E-state index contributed by atoms with van der Waals surface area (Å²) < 4.78 is 0. The van der Waals surface area contributed by atoms with Gasteiger partial charge in [0.15, 0.2) is 5.78 Å². The lowest BCUT2D eigenvalue weighted by Gasteiger charge is -2.12. The van der Waals surface area contributed by atoms with E-state index in [1.54, 1.807) is 12.3 Å². The number of hydrogen-bond acceptors (Lipinski definition) is 4. The van der Waals surface area contributed by atoms with Gasteiger partial charge in [-0.05, 0) is 30.7 Å². The van der Waals surface area contributed by atoms with Gasteiger partial charge in [-0.3, -0.25) is 9.59 Å². The molecule has 2 aromatic heterocycles. The van der Waals surface area contributed by atoms with Crippen LogP contribution in [0.3, 0.4) is 0 Å². The fourth-order valence-corrected chi connectivity index (χ4v) is 1.82. The molecule has 2 heterocycles. The second-order valence-corrected chi connectivity index (χ2v) is 4.96. The summed E-state index contributed by atoms with van der Waals surface area (Å²) >= 11 is 0. The van der Waals surface area contributed by atoms with Gasteiger partial charge in [-0.2, -0.15) is 0 Å². The molecule has 1 amide bonds. The van der Waals surface area contributed by atoms with Crippen molar-refractivity contribution in [1.29, 1.82) is 0 Å². The number of aromatic amines is 1. The first kappa shape index (κ1) is 14.8. The Bertz CT molecular complexity index is 661. The molecule has 2 aromatic rings. The third-order valence-corrected chi connectivity index (χ3v) is 3.06. The minimum atomic E-state index is -0.245. The Labute approximate surface area is 123 Å². The first-order valence-corrected chi connectivity index (χ1v) is 6.57. The Kier molecular flexibility index (Phi) is 4.37. The predicted molar refractivity (Wildman–Crippen MR) is 80.5 cm³/mol. The van der Waals surface area contributed by atoms with Crippen LogP contribution in [-0.2, 0) is 6.54 Å². The molecule has 0 aliphatic carbocycles. The molecule has 2 N–H and O–H groups in total. The molecular formula is C15H18N4O2. The van der Waals surface area contributed by atoms with Crippen molar-refractivity contribution in [2.24, 2.45) is 0 Å². The molecule has 0 fully saturated rings. The maximum Gasteiger partial charge on any atom is 0.267 e. The van der Waals surface area contributed by atoms with Crippen molar-refractivity contribution in [3.8, 4) is 0 Å². The molecule has 0 saturated carbocycles. The number of rotatable bonds is 5. The molecule has 0 aliphatic heterocycles. The highest BCUT2D eigenvalue weighted by Crippen LogP contribution is 2.10. The summed E-state index contributed by atoms with van der Waals surface area (Å²) in [5.41, 5.74) is 1.83. The molecule has 0 atom stereocenters. The number of nitrogens with zero attached hydrogens (tertiary/aromatic N) is 2. The van der Waals surface area contributed by atoms with Crippen LogP contribution in [0.25, 0.3) is 0 Å². The number of aromatic nitrogens is 2. The fourth-order valence-electron chi connectivity index (χ4n) is 1.82. The second kappa shape index (κ2) is 6.21. The molecule has 6 heteroatoms. The third kappa shape index (κ3) is 3.68. The molecule has 0 saturated heterocycles. The smallest absolute Gasteiger partial charge is 0.267 e. The number of hydrogen-bond donors (Lipinski definition) is 2. The molecule has 0 aromatic carbocycles. The average Bonchev–Trinajstić information content (AvgIpc) is 2.95. The Morgan fingerprint density at radius 2 is 2.10 bits per heavy atom. The summed E-state index contributed by atoms with van der Waals surface area (Å²) in [6.45, 7) is 1.86. The van der Waals surface area contributed by atoms with Gasteiger partial charge in [0.2, 0.25) is 0 Å². The normalized spacial score (nSPS) is 10.2. The van der Waals surface area contributed by atoms with E-state index in [0.717, 1.165) is 11.4 Å². The van der Waals surface area contributed by atoms with Crippen LogP contribution < -0.4 is 10.2 Å². The van der Waals surface area contributed by atoms with Crippen LogP contribution in [0.5, 0.6) is 0 Å². The number of pyridine rings is 1. The first-order valence-electron chi connectivity index (χ1n) is 6.57. The van der Waals surface area contributed by atoms with E-state index in [0.29, 0.717) is 17.8 Å². The van der Waals surface area contributed by atoms with Crippen LogP contribution >= 0.6 is 0 Å². The zero-order valence-corrected chi connectivity index (χ0v) is 12.3. The molecule has 2 rings (SSSR count). The van der Waals surface area contributed by atoms with Gasteiger partial charge in [-0.1, -0.05) is 0 Å². The van der Waals surface area contributed by atoms with Crippen molar-refractivity contribution in [3.05, 3.63) is 47.4 Å². The van der Waals surface area contributed by atoms with Gasteiger partial charge < -0.3 is 15.2 Å². The van der Waals surface area contributed by atoms with Crippen molar-refractivity contribution in [2.75, 3.05) is 19.0 Å². The Balaban J connectivity index is 2.00. The molecule has 0 bridgehead atoms. The fraction of sp³-hybridized carbons (Fsp3) is 0.267. The largest absolute Gasteiger partial charge is 0.363 e. The number of anilines is 1. The van der Waals surface area contributed by atoms with E-state index in [4.69, 9.17) is 0 Å². The minimum Gasteiger partial charge on any atom is -0.363 e. The zero-order valence-electron chi connectivity index (χ0n) is 12.3. The van der Waals surface area contributed by atoms with Crippen molar-refractivity contribution >= 4 is 17.5 Å². The molecule has 110 valence electrons. The Morgan fingerprint density at radius 1 is 1.33 bits per heavy atom. The van der Waals surface area contributed by atoms with Crippen molar-refractivity contribution < 1.29 is 9.59 Å². The maximum absolute atomic E-state index is 12.0. The van der Waals surface area contributed by atoms with Gasteiger partial charge in [-0.25, -0.2) is 4.98 Å². The SMILES string of the molecule is CC(=O)c1c[nH]c(C(=O)NCc2ccnc(N(C)C)c2)c1. The summed E-state index contributed by atoms with van der Waals surface area (Å²) in [6.07, 6.45) is 3.24. The van der Waals surface area contributed by atoms with E-state index >= 15 is 0 Å². The summed E-state index contributed by atoms with van der Waals surface area (Å²) in [6, 6.07) is 5.31. The minimum absolute atomic E-state index is 0.0740. The predicted octanol–water partition coefficient (Wildman–Crippen LogP) is 1.61. The highest BCUT2D eigenvalue weighted by molar-refractivity contribution is 5.99. The van der Waals surface area contributed by atoms with Crippen molar-refractivity contribution in [2.45, 2.75) is 13.5 Å². The highest BCUT2D eigenvalue weighted by Gasteiger charge is 2.10. The molecule has 0 unspecified atom stereocenters. The Hall–Kier alpha value is -2.63. The van der Waals surface area contributed by atoms with Gasteiger partial charge >= 0.3 is 0 Å². The lowest BCUT2D eigenvalue weighted by molar-refractivity contribution is 0.0946. The lowest BCUT2D eigenvalue weighted by atomic mass is 10.2. The molecular weight excluding hydrogens is 268 g/mol. The van der Waals surface area contributed by atoms with Crippen molar-refractivity contribution in [1.82, 2.24) is 15.3 Å². The van der Waals surface area contributed by atoms with E-state index in [1.807, 2.05) is 31.1 Å². The lowest BCUT2D eigenvalue weighted by Crippen LogP contribution is -2.23. The summed E-state index contributed by atoms with van der Waals surface area (Å²) in [5, 5.41) is 2.81. The van der Waals surface area contributed by atoms with Gasteiger partial charge in [0.1, 0.15) is 11.5 Å². The molecule has 0 spiro atoms. The summed E-state index contributed by atoms with van der Waals surface area (Å²) in [5.74, 6) is 0.515. The van der Waals surface area contributed by atoms with Crippen LogP contribution in [0, 0.1) is 0 Å². The zero-order chi connectivity index (χ0) is 15.4. The monoisotopic (exact) mass is 286 g/mol. The molecule has 21 heavy (non-hydrogen) atoms. The van der Waals surface area contributed by atoms with E-state index in [9.17, 15) is 9.59 Å². The molecule has 6 nitrogen and oxygen atoms in total. The van der Waals surface area contributed by atoms with Crippen molar-refractivity contribution in [3.63, 3.8) is 0 Å². The van der Waals surface area contributed by atoms with E-state index in [2.05, 4.69) is 15.3 Å². The van der Waals surface area contributed by atoms with Crippen LogP contribution in [0.15, 0.2) is 30.6 Å². The van der Waals surface area contributed by atoms with Crippen LogP contribution in [0.1, 0.15) is 33.3 Å². The number of amides is 1. The maximum atomic E-state index is 12.0. The number of nitrogens with one attached hydrogen (secondary N) is 2. The summed E-state index contributed by atoms with van der Waals surface area (Å²) in [4.78, 5) is 32.1. The van der Waals surface area contributed by atoms with Crippen LogP contribution in [-0.4, -0.2) is 35.8 Å². The first-order chi connectivity index (χ1) is 9.97. The van der Waals surface area contributed by atoms with Gasteiger partial charge in [-0.15, -0.1) is 0 Å². The number of H-pyrrole nitrogens is 1. The Morgan fingerprint density at radius 3 is 2.71 bits per heavy atom. The highest BCUT2D eigenvalue weighted by atomic mass is 16.2. The number of carbonyl (C=O) groups excluding carboxylic acids is 2. The van der Waals surface area contributed by atoms with E-state index in [-0.39, 0.29) is 11.7 Å². The quantitative estimate of drug-likeness (QED) is 0.819. The number of ketones is 1. The van der Waals surface area contributed by atoms with E-state index in [1.165, 1.54) is 13.1 Å². The molecule has 0 aliphatic rings. The summed E-state index contributed by atoms with van der Waals surface area (Å²) in [7, 11) is 3.82. The van der Waals surface area contributed by atoms with Gasteiger partial charge in [0, 0.05) is 38.6 Å². The van der Waals surface area contributed by atoms with Crippen LogP contribution in [0.2, 0.25) is 0 Å². The number of carbonyl (C=O) groups is 2. The number of Topliss-reactive ketones (excluding diaryl/α,β-unsaturated/α-hetero) is 1. The second-order valence-electron chi connectivity index (χ2n) is 4.96. The standard InChI is InChI=1S/C15H18N4O2/c1-10(20)12-7-13(17-9-12)15(21)18-8-11-4-5-16-14(6-11)19(2)3/h4-7,9,17H,8H2,1-3H3,(H,18,21). The topological polar surface area (TPSA) is 78.1 Å².